The Morgan fingerprint density at radius 3 is 2.83 bits per heavy atom. The maximum absolute atomic E-state index is 4.70. The molecular formula is C16H22N2. The van der Waals surface area contributed by atoms with Crippen molar-refractivity contribution in [1.29, 1.82) is 0 Å². The number of rotatable bonds is 6. The lowest BCUT2D eigenvalue weighted by Gasteiger charge is -2.11. The average Bonchev–Trinajstić information content (AvgIpc) is 2.39. The molecule has 1 heterocycles. The van der Waals surface area contributed by atoms with E-state index in [4.69, 9.17) is 4.98 Å². The van der Waals surface area contributed by atoms with Crippen LogP contribution in [0.25, 0.3) is 10.9 Å². The molecule has 0 fully saturated rings. The van der Waals surface area contributed by atoms with E-state index in [2.05, 4.69) is 49.5 Å². The summed E-state index contributed by atoms with van der Waals surface area (Å²) in [5.41, 5.74) is 2.31. The maximum Gasteiger partial charge on any atom is 0.0705 e. The molecule has 0 saturated carbocycles. The summed E-state index contributed by atoms with van der Waals surface area (Å²) in [5, 5.41) is 4.67. The Morgan fingerprint density at radius 2 is 2.00 bits per heavy atom. The highest BCUT2D eigenvalue weighted by molar-refractivity contribution is 5.78. The lowest BCUT2D eigenvalue weighted by atomic mass is 10.1. The Balaban J connectivity index is 1.91. The zero-order chi connectivity index (χ0) is 12.8. The number of aryl methyl sites for hydroxylation is 1. The second kappa shape index (κ2) is 6.50. The van der Waals surface area contributed by atoms with Crippen LogP contribution in [-0.2, 0) is 6.42 Å². The Bertz CT molecular complexity index is 493. The van der Waals surface area contributed by atoms with Crippen LogP contribution in [0.4, 0.5) is 0 Å². The van der Waals surface area contributed by atoms with Gasteiger partial charge in [-0.25, -0.2) is 0 Å². The molecule has 1 N–H and O–H groups in total. The molecule has 1 unspecified atom stereocenters. The Labute approximate surface area is 109 Å². The van der Waals surface area contributed by atoms with Crippen LogP contribution in [0.2, 0.25) is 0 Å². The van der Waals surface area contributed by atoms with Gasteiger partial charge in [0.05, 0.1) is 5.52 Å². The molecule has 0 aliphatic carbocycles. The van der Waals surface area contributed by atoms with Crippen LogP contribution in [0.15, 0.2) is 36.4 Å². The number of hydrogen-bond acceptors (Lipinski definition) is 2. The molecule has 18 heavy (non-hydrogen) atoms. The van der Waals surface area contributed by atoms with Crippen molar-refractivity contribution in [2.75, 3.05) is 6.54 Å². The SMILES string of the molecule is CCNC(C)CCCc1ccc2ccccc2n1. The van der Waals surface area contributed by atoms with Crippen molar-refractivity contribution in [2.24, 2.45) is 0 Å². The molecule has 0 spiro atoms. The molecule has 0 aliphatic heterocycles. The average molecular weight is 242 g/mol. The van der Waals surface area contributed by atoms with Crippen molar-refractivity contribution in [1.82, 2.24) is 10.3 Å². The fourth-order valence-corrected chi connectivity index (χ4v) is 2.29. The summed E-state index contributed by atoms with van der Waals surface area (Å²) in [6.45, 7) is 5.45. The van der Waals surface area contributed by atoms with Gasteiger partial charge < -0.3 is 5.32 Å². The number of para-hydroxylation sites is 1. The van der Waals surface area contributed by atoms with Gasteiger partial charge in [-0.2, -0.15) is 0 Å². The zero-order valence-corrected chi connectivity index (χ0v) is 11.3. The minimum atomic E-state index is 0.607. The predicted octanol–water partition coefficient (Wildman–Crippen LogP) is 3.56. The number of nitrogens with zero attached hydrogens (tertiary/aromatic N) is 1. The highest BCUT2D eigenvalue weighted by Gasteiger charge is 2.01. The molecule has 2 heteroatoms. The first-order valence-corrected chi connectivity index (χ1v) is 6.87. The molecule has 1 atom stereocenters. The van der Waals surface area contributed by atoms with Crippen LogP contribution in [0.1, 0.15) is 32.4 Å². The number of benzene rings is 1. The van der Waals surface area contributed by atoms with E-state index >= 15 is 0 Å². The van der Waals surface area contributed by atoms with Crippen LogP contribution in [-0.4, -0.2) is 17.6 Å². The summed E-state index contributed by atoms with van der Waals surface area (Å²) in [7, 11) is 0. The fourth-order valence-electron chi connectivity index (χ4n) is 2.29. The third-order valence-corrected chi connectivity index (χ3v) is 3.28. The van der Waals surface area contributed by atoms with E-state index in [1.807, 2.05) is 6.07 Å². The van der Waals surface area contributed by atoms with Gasteiger partial charge in [-0.1, -0.05) is 31.2 Å². The number of fused-ring (bicyclic) bond motifs is 1. The summed E-state index contributed by atoms with van der Waals surface area (Å²) in [6, 6.07) is 13.2. The van der Waals surface area contributed by atoms with Crippen molar-refractivity contribution >= 4 is 10.9 Å². The summed E-state index contributed by atoms with van der Waals surface area (Å²) >= 11 is 0. The van der Waals surface area contributed by atoms with Crippen LogP contribution in [0.3, 0.4) is 0 Å². The van der Waals surface area contributed by atoms with Crippen molar-refractivity contribution in [3.05, 3.63) is 42.1 Å². The number of nitrogens with one attached hydrogen (secondary N) is 1. The normalized spacial score (nSPS) is 12.8. The first-order chi connectivity index (χ1) is 8.79. The largest absolute Gasteiger partial charge is 0.315 e. The van der Waals surface area contributed by atoms with Crippen molar-refractivity contribution in [3.63, 3.8) is 0 Å². The van der Waals surface area contributed by atoms with Gasteiger partial charge in [-0.15, -0.1) is 0 Å². The summed E-state index contributed by atoms with van der Waals surface area (Å²) in [6.07, 6.45) is 3.47. The summed E-state index contributed by atoms with van der Waals surface area (Å²) in [4.78, 5) is 4.70. The smallest absolute Gasteiger partial charge is 0.0705 e. The maximum atomic E-state index is 4.70. The van der Waals surface area contributed by atoms with E-state index < -0.39 is 0 Å². The molecule has 0 amide bonds. The molecule has 0 aliphatic rings. The van der Waals surface area contributed by atoms with E-state index in [9.17, 15) is 0 Å². The van der Waals surface area contributed by atoms with E-state index in [0.29, 0.717) is 6.04 Å². The fraction of sp³-hybridized carbons (Fsp3) is 0.438. The third kappa shape index (κ3) is 3.54. The van der Waals surface area contributed by atoms with Crippen molar-refractivity contribution < 1.29 is 0 Å². The first kappa shape index (κ1) is 13.0. The van der Waals surface area contributed by atoms with Gasteiger partial charge in [0, 0.05) is 17.1 Å². The molecule has 2 aromatic rings. The van der Waals surface area contributed by atoms with E-state index in [1.54, 1.807) is 0 Å². The van der Waals surface area contributed by atoms with Gasteiger partial charge in [0.2, 0.25) is 0 Å². The summed E-state index contributed by atoms with van der Waals surface area (Å²) in [5.74, 6) is 0. The molecule has 0 radical (unpaired) electrons. The minimum Gasteiger partial charge on any atom is -0.315 e. The first-order valence-electron chi connectivity index (χ1n) is 6.87. The van der Waals surface area contributed by atoms with Crippen LogP contribution >= 0.6 is 0 Å². The Hall–Kier alpha value is -1.41. The molecule has 1 aromatic carbocycles. The van der Waals surface area contributed by atoms with Crippen LogP contribution in [0, 0.1) is 0 Å². The van der Waals surface area contributed by atoms with Crippen molar-refractivity contribution in [3.8, 4) is 0 Å². The van der Waals surface area contributed by atoms with E-state index in [-0.39, 0.29) is 0 Å². The Kier molecular flexibility index (Phi) is 4.71. The second-order valence-corrected chi connectivity index (χ2v) is 4.85. The van der Waals surface area contributed by atoms with Crippen LogP contribution in [0.5, 0.6) is 0 Å². The highest BCUT2D eigenvalue weighted by atomic mass is 14.9. The van der Waals surface area contributed by atoms with Gasteiger partial charge >= 0.3 is 0 Å². The van der Waals surface area contributed by atoms with E-state index in [0.717, 1.165) is 18.5 Å². The molecule has 0 bridgehead atoms. The lowest BCUT2D eigenvalue weighted by Crippen LogP contribution is -2.25. The summed E-state index contributed by atoms with van der Waals surface area (Å²) < 4.78 is 0. The lowest BCUT2D eigenvalue weighted by molar-refractivity contribution is 0.511. The predicted molar refractivity (Wildman–Crippen MR) is 77.8 cm³/mol. The third-order valence-electron chi connectivity index (χ3n) is 3.28. The van der Waals surface area contributed by atoms with Gasteiger partial charge in [0.15, 0.2) is 0 Å². The van der Waals surface area contributed by atoms with Gasteiger partial charge in [0.25, 0.3) is 0 Å². The van der Waals surface area contributed by atoms with E-state index in [1.165, 1.54) is 23.9 Å². The van der Waals surface area contributed by atoms with Crippen molar-refractivity contribution in [2.45, 2.75) is 39.2 Å². The molecule has 2 nitrogen and oxygen atoms in total. The molecule has 0 saturated heterocycles. The molecule has 1 aromatic heterocycles. The monoisotopic (exact) mass is 242 g/mol. The Morgan fingerprint density at radius 1 is 1.17 bits per heavy atom. The van der Waals surface area contributed by atoms with Gasteiger partial charge in [-0.3, -0.25) is 4.98 Å². The molecule has 96 valence electrons. The topological polar surface area (TPSA) is 24.9 Å². The zero-order valence-electron chi connectivity index (χ0n) is 11.3. The minimum absolute atomic E-state index is 0.607. The highest BCUT2D eigenvalue weighted by Crippen LogP contribution is 2.13. The number of hydrogen-bond donors (Lipinski definition) is 1. The number of aromatic nitrogens is 1. The standard InChI is InChI=1S/C16H22N2/c1-3-17-13(2)7-6-9-15-12-11-14-8-4-5-10-16(14)18-15/h4-5,8,10-13,17H,3,6-7,9H2,1-2H3. The number of pyridine rings is 1. The molecular weight excluding hydrogens is 220 g/mol. The second-order valence-electron chi connectivity index (χ2n) is 4.85. The quantitative estimate of drug-likeness (QED) is 0.838. The van der Waals surface area contributed by atoms with Crippen LogP contribution < -0.4 is 5.32 Å². The van der Waals surface area contributed by atoms with Gasteiger partial charge in [0.1, 0.15) is 0 Å². The van der Waals surface area contributed by atoms with Gasteiger partial charge in [-0.05, 0) is 44.9 Å². The molecule has 2 rings (SSSR count).